The summed E-state index contributed by atoms with van der Waals surface area (Å²) in [6, 6.07) is 7.19. The van der Waals surface area contributed by atoms with Gasteiger partial charge >= 0.3 is 0 Å². The number of sulfonamides is 1. The molecule has 0 saturated carbocycles. The Morgan fingerprint density at radius 1 is 1.30 bits per heavy atom. The molecule has 1 atom stereocenters. The Labute approximate surface area is 127 Å². The molecule has 1 heterocycles. The highest BCUT2D eigenvalue weighted by molar-refractivity contribution is 7.89. The van der Waals surface area contributed by atoms with E-state index in [4.69, 9.17) is 0 Å². The summed E-state index contributed by atoms with van der Waals surface area (Å²) in [5.74, 6) is 0.411. The molecule has 4 nitrogen and oxygen atoms in total. The standard InChI is InChI=1S/C14H22N2O2S.ClH/c1-2-3-12-4-6-14(7-5-12)19(17,18)16-11-13-8-9-15-10-13;/h4-7,13,15-16H,2-3,8-11H2,1H3;1H. The average Bonchev–Trinajstić information content (AvgIpc) is 2.91. The minimum atomic E-state index is -3.36. The molecule has 1 aliphatic rings. The minimum absolute atomic E-state index is 0. The third kappa shape index (κ3) is 4.74. The van der Waals surface area contributed by atoms with Crippen LogP contribution in [0.3, 0.4) is 0 Å². The third-order valence-electron chi connectivity index (χ3n) is 3.50. The average molecular weight is 319 g/mol. The zero-order valence-electron chi connectivity index (χ0n) is 11.8. The highest BCUT2D eigenvalue weighted by atomic mass is 35.5. The van der Waals surface area contributed by atoms with Gasteiger partial charge in [-0.05, 0) is 49.5 Å². The van der Waals surface area contributed by atoms with Crippen molar-refractivity contribution in [2.24, 2.45) is 5.92 Å². The Morgan fingerprint density at radius 2 is 2.00 bits per heavy atom. The summed E-state index contributed by atoms with van der Waals surface area (Å²) in [4.78, 5) is 0.360. The normalized spacial score (nSPS) is 18.8. The van der Waals surface area contributed by atoms with E-state index in [1.165, 1.54) is 5.56 Å². The zero-order valence-corrected chi connectivity index (χ0v) is 13.4. The predicted molar refractivity (Wildman–Crippen MR) is 83.9 cm³/mol. The molecule has 0 spiro atoms. The summed E-state index contributed by atoms with van der Waals surface area (Å²) >= 11 is 0. The predicted octanol–water partition coefficient (Wildman–Crippen LogP) is 1.95. The van der Waals surface area contributed by atoms with E-state index in [0.717, 1.165) is 32.4 Å². The molecule has 0 aromatic heterocycles. The Balaban J connectivity index is 0.00000200. The van der Waals surface area contributed by atoms with E-state index in [1.807, 2.05) is 12.1 Å². The van der Waals surface area contributed by atoms with Crippen LogP contribution in [0, 0.1) is 5.92 Å². The fourth-order valence-electron chi connectivity index (χ4n) is 2.32. The maximum atomic E-state index is 12.1. The second-order valence-corrected chi connectivity index (χ2v) is 6.87. The lowest BCUT2D eigenvalue weighted by Gasteiger charge is -2.11. The first-order valence-corrected chi connectivity index (χ1v) is 8.39. The van der Waals surface area contributed by atoms with E-state index in [1.54, 1.807) is 12.1 Å². The molecule has 1 aromatic rings. The van der Waals surface area contributed by atoms with Gasteiger partial charge in [-0.25, -0.2) is 13.1 Å². The Kier molecular flexibility index (Phi) is 6.95. The van der Waals surface area contributed by atoms with Gasteiger partial charge in [-0.2, -0.15) is 0 Å². The molecule has 2 rings (SSSR count). The van der Waals surface area contributed by atoms with Crippen LogP contribution in [0.2, 0.25) is 0 Å². The molecule has 0 aliphatic carbocycles. The van der Waals surface area contributed by atoms with E-state index in [9.17, 15) is 8.42 Å². The van der Waals surface area contributed by atoms with Gasteiger partial charge in [0, 0.05) is 6.54 Å². The Bertz CT molecular complexity index is 496. The van der Waals surface area contributed by atoms with Crippen LogP contribution < -0.4 is 10.0 Å². The van der Waals surface area contributed by atoms with Gasteiger partial charge in [0.05, 0.1) is 4.90 Å². The van der Waals surface area contributed by atoms with Crippen LogP contribution in [0.15, 0.2) is 29.2 Å². The first-order chi connectivity index (χ1) is 9.12. The monoisotopic (exact) mass is 318 g/mol. The smallest absolute Gasteiger partial charge is 0.240 e. The fraction of sp³-hybridized carbons (Fsp3) is 0.571. The number of nitrogens with one attached hydrogen (secondary N) is 2. The highest BCUT2D eigenvalue weighted by Crippen LogP contribution is 2.13. The van der Waals surface area contributed by atoms with Crippen LogP contribution in [-0.4, -0.2) is 28.1 Å². The molecule has 1 fully saturated rings. The molecule has 1 saturated heterocycles. The zero-order chi connectivity index (χ0) is 13.7. The van der Waals surface area contributed by atoms with Crippen molar-refractivity contribution in [3.8, 4) is 0 Å². The topological polar surface area (TPSA) is 58.2 Å². The molecular weight excluding hydrogens is 296 g/mol. The summed E-state index contributed by atoms with van der Waals surface area (Å²) in [7, 11) is -3.36. The lowest BCUT2D eigenvalue weighted by Crippen LogP contribution is -2.30. The lowest BCUT2D eigenvalue weighted by molar-refractivity contribution is 0.539. The second kappa shape index (κ2) is 7.98. The van der Waals surface area contributed by atoms with Gasteiger partial charge in [0.25, 0.3) is 0 Å². The van der Waals surface area contributed by atoms with Crippen molar-refractivity contribution in [3.63, 3.8) is 0 Å². The Morgan fingerprint density at radius 3 is 2.55 bits per heavy atom. The summed E-state index contributed by atoms with van der Waals surface area (Å²) < 4.78 is 27.0. The van der Waals surface area contributed by atoms with Crippen molar-refractivity contribution in [3.05, 3.63) is 29.8 Å². The van der Waals surface area contributed by atoms with Crippen LogP contribution >= 0.6 is 12.4 Å². The SMILES string of the molecule is CCCc1ccc(S(=O)(=O)NCC2CCNC2)cc1.Cl. The number of halogens is 1. The fourth-order valence-corrected chi connectivity index (χ4v) is 3.44. The number of hydrogen-bond donors (Lipinski definition) is 2. The van der Waals surface area contributed by atoms with Crippen molar-refractivity contribution < 1.29 is 8.42 Å². The molecule has 1 unspecified atom stereocenters. The van der Waals surface area contributed by atoms with Gasteiger partial charge in [0.2, 0.25) is 10.0 Å². The van der Waals surface area contributed by atoms with Crippen molar-refractivity contribution in [2.45, 2.75) is 31.1 Å². The van der Waals surface area contributed by atoms with Crippen LogP contribution in [-0.2, 0) is 16.4 Å². The van der Waals surface area contributed by atoms with Gasteiger partial charge in [-0.3, -0.25) is 0 Å². The van der Waals surface area contributed by atoms with Gasteiger partial charge in [0.15, 0.2) is 0 Å². The maximum Gasteiger partial charge on any atom is 0.240 e. The number of hydrogen-bond acceptors (Lipinski definition) is 3. The first kappa shape index (κ1) is 17.4. The minimum Gasteiger partial charge on any atom is -0.316 e. The van der Waals surface area contributed by atoms with Gasteiger partial charge in [-0.1, -0.05) is 25.5 Å². The largest absolute Gasteiger partial charge is 0.316 e. The lowest BCUT2D eigenvalue weighted by atomic mass is 10.1. The molecule has 0 radical (unpaired) electrons. The van der Waals surface area contributed by atoms with Crippen molar-refractivity contribution >= 4 is 22.4 Å². The summed E-state index contributed by atoms with van der Waals surface area (Å²) in [5.41, 5.74) is 1.18. The maximum absolute atomic E-state index is 12.1. The molecule has 20 heavy (non-hydrogen) atoms. The van der Waals surface area contributed by atoms with E-state index in [0.29, 0.717) is 17.4 Å². The van der Waals surface area contributed by atoms with Crippen molar-refractivity contribution in [1.82, 2.24) is 10.0 Å². The van der Waals surface area contributed by atoms with Crippen LogP contribution in [0.5, 0.6) is 0 Å². The molecule has 6 heteroatoms. The summed E-state index contributed by atoms with van der Waals surface area (Å²) in [5, 5.41) is 3.24. The summed E-state index contributed by atoms with van der Waals surface area (Å²) in [6.07, 6.45) is 3.10. The van der Waals surface area contributed by atoms with E-state index >= 15 is 0 Å². The van der Waals surface area contributed by atoms with E-state index in [-0.39, 0.29) is 12.4 Å². The number of aryl methyl sites for hydroxylation is 1. The van der Waals surface area contributed by atoms with Gasteiger partial charge < -0.3 is 5.32 Å². The molecule has 2 N–H and O–H groups in total. The number of rotatable bonds is 6. The quantitative estimate of drug-likeness (QED) is 0.843. The van der Waals surface area contributed by atoms with E-state index < -0.39 is 10.0 Å². The van der Waals surface area contributed by atoms with Crippen LogP contribution in [0.1, 0.15) is 25.3 Å². The van der Waals surface area contributed by atoms with Crippen LogP contribution in [0.4, 0.5) is 0 Å². The van der Waals surface area contributed by atoms with Crippen molar-refractivity contribution in [2.75, 3.05) is 19.6 Å². The molecule has 1 aromatic carbocycles. The highest BCUT2D eigenvalue weighted by Gasteiger charge is 2.19. The molecule has 1 aliphatic heterocycles. The first-order valence-electron chi connectivity index (χ1n) is 6.91. The Hall–Kier alpha value is -0.620. The van der Waals surface area contributed by atoms with Gasteiger partial charge in [0.1, 0.15) is 0 Å². The van der Waals surface area contributed by atoms with E-state index in [2.05, 4.69) is 17.0 Å². The van der Waals surface area contributed by atoms with Gasteiger partial charge in [-0.15, -0.1) is 12.4 Å². The van der Waals surface area contributed by atoms with Crippen molar-refractivity contribution in [1.29, 1.82) is 0 Å². The molecular formula is C14H23ClN2O2S. The van der Waals surface area contributed by atoms with Crippen LogP contribution in [0.25, 0.3) is 0 Å². The molecule has 114 valence electrons. The third-order valence-corrected chi connectivity index (χ3v) is 4.94. The second-order valence-electron chi connectivity index (χ2n) is 5.10. The number of benzene rings is 1. The molecule has 0 amide bonds. The molecule has 0 bridgehead atoms. The summed E-state index contributed by atoms with van der Waals surface area (Å²) in [6.45, 7) is 4.52.